The van der Waals surface area contributed by atoms with E-state index < -0.39 is 5.97 Å². The van der Waals surface area contributed by atoms with Crippen LogP contribution in [0.25, 0.3) is 0 Å². The van der Waals surface area contributed by atoms with Crippen LogP contribution in [0.15, 0.2) is 45.5 Å². The highest BCUT2D eigenvalue weighted by Gasteiger charge is 2.10. The highest BCUT2D eigenvalue weighted by Crippen LogP contribution is 2.17. The minimum Gasteiger partial charge on any atom is -0.478 e. The number of hydrogen-bond acceptors (Lipinski definition) is 3. The topological polar surface area (TPSA) is 62.5 Å². The maximum absolute atomic E-state index is 10.7. The first kappa shape index (κ1) is 13.8. The van der Waals surface area contributed by atoms with E-state index in [0.29, 0.717) is 12.3 Å². The Bertz CT molecular complexity index is 562. The van der Waals surface area contributed by atoms with E-state index in [1.54, 1.807) is 0 Å². The summed E-state index contributed by atoms with van der Waals surface area (Å²) in [6.07, 6.45) is 1.25. The second-order valence-electron chi connectivity index (χ2n) is 4.26. The van der Waals surface area contributed by atoms with Gasteiger partial charge in [-0.3, -0.25) is 0 Å². The lowest BCUT2D eigenvalue weighted by Crippen LogP contribution is -2.17. The molecule has 19 heavy (non-hydrogen) atoms. The molecule has 100 valence electrons. The number of aromatic carboxylic acids is 1. The predicted molar refractivity (Wildman–Crippen MR) is 75.1 cm³/mol. The number of halogens is 1. The first-order valence-corrected chi connectivity index (χ1v) is 6.65. The third kappa shape index (κ3) is 3.68. The third-order valence-electron chi connectivity index (χ3n) is 2.85. The Kier molecular flexibility index (Phi) is 4.39. The van der Waals surface area contributed by atoms with Gasteiger partial charge in [0, 0.05) is 10.5 Å². The van der Waals surface area contributed by atoms with Gasteiger partial charge in [-0.15, -0.1) is 0 Å². The van der Waals surface area contributed by atoms with Crippen LogP contribution in [0.4, 0.5) is 0 Å². The summed E-state index contributed by atoms with van der Waals surface area (Å²) in [5.41, 5.74) is 1.33. The largest absolute Gasteiger partial charge is 0.478 e. The van der Waals surface area contributed by atoms with E-state index in [0.717, 1.165) is 10.0 Å². The normalized spacial score (nSPS) is 12.3. The van der Waals surface area contributed by atoms with Gasteiger partial charge in [-0.1, -0.05) is 28.1 Å². The molecule has 0 aliphatic rings. The van der Waals surface area contributed by atoms with Crippen molar-refractivity contribution in [3.8, 4) is 0 Å². The maximum atomic E-state index is 10.7. The van der Waals surface area contributed by atoms with Crippen LogP contribution in [-0.2, 0) is 6.54 Å². The van der Waals surface area contributed by atoms with Gasteiger partial charge in [-0.05, 0) is 30.7 Å². The average Bonchev–Trinajstić information content (AvgIpc) is 2.86. The molecule has 0 fully saturated rings. The second-order valence-corrected chi connectivity index (χ2v) is 5.18. The molecule has 1 aromatic heterocycles. The zero-order chi connectivity index (χ0) is 13.8. The van der Waals surface area contributed by atoms with E-state index in [4.69, 9.17) is 9.52 Å². The molecule has 0 saturated carbocycles. The molecule has 2 N–H and O–H groups in total. The molecule has 1 heterocycles. The zero-order valence-corrected chi connectivity index (χ0v) is 12.0. The Labute approximate surface area is 119 Å². The highest BCUT2D eigenvalue weighted by molar-refractivity contribution is 9.10. The molecule has 0 saturated heterocycles. The molecule has 0 amide bonds. The zero-order valence-electron chi connectivity index (χ0n) is 10.4. The third-order valence-corrected chi connectivity index (χ3v) is 3.38. The minimum absolute atomic E-state index is 0.159. The number of carboxylic acid groups (broad SMARTS) is 1. The van der Waals surface area contributed by atoms with Crippen molar-refractivity contribution in [3.05, 3.63) is 58.0 Å². The van der Waals surface area contributed by atoms with Gasteiger partial charge in [0.05, 0.1) is 12.1 Å². The lowest BCUT2D eigenvalue weighted by molar-refractivity contribution is 0.0696. The molecule has 1 aromatic carbocycles. The molecular weight excluding hydrogens is 310 g/mol. The molecule has 4 nitrogen and oxygen atoms in total. The molecule has 2 aromatic rings. The number of hydrogen-bond donors (Lipinski definition) is 2. The summed E-state index contributed by atoms with van der Waals surface area (Å²) in [6.45, 7) is 2.54. The van der Waals surface area contributed by atoms with Gasteiger partial charge < -0.3 is 14.8 Å². The van der Waals surface area contributed by atoms with E-state index in [1.165, 1.54) is 12.3 Å². The average molecular weight is 324 g/mol. The first-order valence-electron chi connectivity index (χ1n) is 5.86. The predicted octanol–water partition coefficient (Wildman–Crippen LogP) is 3.59. The fraction of sp³-hybridized carbons (Fsp3) is 0.214. The van der Waals surface area contributed by atoms with Gasteiger partial charge in [-0.25, -0.2) is 4.79 Å². The Hall–Kier alpha value is -1.59. The van der Waals surface area contributed by atoms with Crippen molar-refractivity contribution in [1.29, 1.82) is 0 Å². The van der Waals surface area contributed by atoms with Crippen molar-refractivity contribution in [1.82, 2.24) is 5.32 Å². The smallest absolute Gasteiger partial charge is 0.338 e. The van der Waals surface area contributed by atoms with Gasteiger partial charge in [0.25, 0.3) is 0 Å². The standard InChI is InChI=1S/C14H14BrNO3/c1-9(10-2-4-12(15)5-3-10)16-7-13-6-11(8-19-13)14(17)18/h2-6,8-9,16H,7H2,1H3,(H,17,18)/t9-/m1/s1. The van der Waals surface area contributed by atoms with Gasteiger partial charge in [0.15, 0.2) is 0 Å². The Morgan fingerprint density at radius 1 is 1.42 bits per heavy atom. The summed E-state index contributed by atoms with van der Waals surface area (Å²) in [5.74, 6) is -0.364. The lowest BCUT2D eigenvalue weighted by Gasteiger charge is -2.13. The monoisotopic (exact) mass is 323 g/mol. The summed E-state index contributed by atoms with van der Waals surface area (Å²) < 4.78 is 6.22. The molecule has 5 heteroatoms. The summed E-state index contributed by atoms with van der Waals surface area (Å²) in [4.78, 5) is 10.7. The number of nitrogens with one attached hydrogen (secondary N) is 1. The fourth-order valence-electron chi connectivity index (χ4n) is 1.71. The maximum Gasteiger partial charge on any atom is 0.338 e. The number of benzene rings is 1. The SMILES string of the molecule is C[C@@H](NCc1cc(C(=O)O)co1)c1ccc(Br)cc1. The van der Waals surface area contributed by atoms with Crippen molar-refractivity contribution >= 4 is 21.9 Å². The Morgan fingerprint density at radius 2 is 2.11 bits per heavy atom. The summed E-state index contributed by atoms with van der Waals surface area (Å²) in [6, 6.07) is 9.74. The fourth-order valence-corrected chi connectivity index (χ4v) is 1.97. The molecule has 0 aliphatic carbocycles. The molecule has 0 bridgehead atoms. The second kappa shape index (κ2) is 6.04. The van der Waals surface area contributed by atoms with E-state index in [-0.39, 0.29) is 11.6 Å². The van der Waals surface area contributed by atoms with Crippen molar-refractivity contribution in [2.75, 3.05) is 0 Å². The van der Waals surface area contributed by atoms with Gasteiger partial charge in [0.2, 0.25) is 0 Å². The van der Waals surface area contributed by atoms with Crippen molar-refractivity contribution in [3.63, 3.8) is 0 Å². The van der Waals surface area contributed by atoms with Crippen molar-refractivity contribution in [2.45, 2.75) is 19.5 Å². The van der Waals surface area contributed by atoms with Gasteiger partial charge in [-0.2, -0.15) is 0 Å². The Balaban J connectivity index is 1.94. The van der Waals surface area contributed by atoms with Crippen LogP contribution in [0.1, 0.15) is 34.6 Å². The minimum atomic E-state index is -0.976. The molecule has 1 atom stereocenters. The van der Waals surface area contributed by atoms with Gasteiger partial charge >= 0.3 is 5.97 Å². The number of rotatable bonds is 5. The summed E-state index contributed by atoms with van der Waals surface area (Å²) in [5, 5.41) is 12.1. The van der Waals surface area contributed by atoms with Crippen molar-refractivity contribution < 1.29 is 14.3 Å². The molecule has 0 spiro atoms. The molecule has 0 radical (unpaired) electrons. The van der Waals surface area contributed by atoms with E-state index in [1.807, 2.05) is 31.2 Å². The number of furan rings is 1. The first-order chi connectivity index (χ1) is 9.06. The molecular formula is C14H14BrNO3. The highest BCUT2D eigenvalue weighted by atomic mass is 79.9. The Morgan fingerprint density at radius 3 is 2.68 bits per heavy atom. The summed E-state index contributed by atoms with van der Waals surface area (Å²) in [7, 11) is 0. The lowest BCUT2D eigenvalue weighted by atomic mass is 10.1. The van der Waals surface area contributed by atoms with E-state index in [9.17, 15) is 4.79 Å². The van der Waals surface area contributed by atoms with Crippen LogP contribution in [-0.4, -0.2) is 11.1 Å². The number of carbonyl (C=O) groups is 1. The van der Waals surface area contributed by atoms with Crippen LogP contribution in [0.5, 0.6) is 0 Å². The van der Waals surface area contributed by atoms with E-state index >= 15 is 0 Å². The molecule has 2 rings (SSSR count). The van der Waals surface area contributed by atoms with Crippen molar-refractivity contribution in [2.24, 2.45) is 0 Å². The van der Waals surface area contributed by atoms with Crippen LogP contribution in [0.2, 0.25) is 0 Å². The summed E-state index contributed by atoms with van der Waals surface area (Å²) >= 11 is 3.40. The number of carboxylic acids is 1. The quantitative estimate of drug-likeness (QED) is 0.882. The van der Waals surface area contributed by atoms with Crippen LogP contribution in [0, 0.1) is 0 Å². The molecule has 0 unspecified atom stereocenters. The van der Waals surface area contributed by atoms with Crippen LogP contribution >= 0.6 is 15.9 Å². The van der Waals surface area contributed by atoms with Crippen LogP contribution < -0.4 is 5.32 Å². The van der Waals surface area contributed by atoms with E-state index in [2.05, 4.69) is 21.2 Å². The van der Waals surface area contributed by atoms with Crippen LogP contribution in [0.3, 0.4) is 0 Å². The van der Waals surface area contributed by atoms with Gasteiger partial charge in [0.1, 0.15) is 12.0 Å². The molecule has 0 aliphatic heterocycles.